The summed E-state index contributed by atoms with van der Waals surface area (Å²) in [6.07, 6.45) is 2.02. The van der Waals surface area contributed by atoms with Crippen LogP contribution >= 0.6 is 0 Å². The van der Waals surface area contributed by atoms with E-state index in [4.69, 9.17) is 9.84 Å². The van der Waals surface area contributed by atoms with E-state index in [2.05, 4.69) is 10.3 Å². The summed E-state index contributed by atoms with van der Waals surface area (Å²) >= 11 is 0. The largest absolute Gasteiger partial charge is 0.481 e. The summed E-state index contributed by atoms with van der Waals surface area (Å²) in [7, 11) is 1.51. The Hall–Kier alpha value is -2.11. The number of aromatic nitrogens is 1. The molecule has 2 rings (SSSR count). The van der Waals surface area contributed by atoms with Crippen LogP contribution in [0.25, 0.3) is 0 Å². The zero-order valence-corrected chi connectivity index (χ0v) is 9.92. The summed E-state index contributed by atoms with van der Waals surface area (Å²) in [6, 6.07) is 3.55. The van der Waals surface area contributed by atoms with Crippen LogP contribution in [0.2, 0.25) is 0 Å². The monoisotopic (exact) mass is 250 g/mol. The van der Waals surface area contributed by atoms with E-state index in [1.54, 1.807) is 18.3 Å². The summed E-state index contributed by atoms with van der Waals surface area (Å²) in [5, 5.41) is 11.4. The Morgan fingerprint density at radius 2 is 2.33 bits per heavy atom. The maximum atomic E-state index is 11.7. The Morgan fingerprint density at radius 3 is 2.94 bits per heavy atom. The lowest BCUT2D eigenvalue weighted by Gasteiger charge is -2.08. The van der Waals surface area contributed by atoms with Gasteiger partial charge in [-0.15, -0.1) is 0 Å². The van der Waals surface area contributed by atoms with E-state index in [0.717, 1.165) is 5.56 Å². The van der Waals surface area contributed by atoms with Crippen LogP contribution in [0, 0.1) is 11.8 Å². The van der Waals surface area contributed by atoms with Crippen LogP contribution in [0.5, 0.6) is 5.88 Å². The molecule has 0 radical (unpaired) electrons. The van der Waals surface area contributed by atoms with E-state index in [0.29, 0.717) is 18.8 Å². The van der Waals surface area contributed by atoms with Gasteiger partial charge in [0.15, 0.2) is 0 Å². The van der Waals surface area contributed by atoms with Gasteiger partial charge in [0.2, 0.25) is 11.8 Å². The molecule has 2 atom stereocenters. The maximum absolute atomic E-state index is 11.7. The maximum Gasteiger partial charge on any atom is 0.307 e. The second-order valence-electron chi connectivity index (χ2n) is 4.18. The lowest BCUT2D eigenvalue weighted by atomic mass is 10.2. The zero-order chi connectivity index (χ0) is 13.1. The fraction of sp³-hybridized carbons (Fsp3) is 0.417. The van der Waals surface area contributed by atoms with Gasteiger partial charge < -0.3 is 15.2 Å². The van der Waals surface area contributed by atoms with Gasteiger partial charge in [-0.05, 0) is 12.5 Å². The predicted molar refractivity (Wildman–Crippen MR) is 61.9 cm³/mol. The number of methoxy groups -OCH3 is 1. The molecule has 1 aromatic rings. The third kappa shape index (κ3) is 2.58. The average molecular weight is 250 g/mol. The molecule has 0 bridgehead atoms. The smallest absolute Gasteiger partial charge is 0.307 e. The molecule has 1 fully saturated rings. The number of carboxylic acid groups (broad SMARTS) is 1. The molecule has 1 aliphatic rings. The van der Waals surface area contributed by atoms with E-state index in [1.807, 2.05) is 0 Å². The molecule has 2 unspecified atom stereocenters. The third-order valence-electron chi connectivity index (χ3n) is 2.94. The number of pyridine rings is 1. The Balaban J connectivity index is 1.89. The fourth-order valence-electron chi connectivity index (χ4n) is 1.81. The van der Waals surface area contributed by atoms with Gasteiger partial charge >= 0.3 is 5.97 Å². The normalized spacial score (nSPS) is 21.2. The van der Waals surface area contributed by atoms with Gasteiger partial charge in [0.05, 0.1) is 18.9 Å². The minimum Gasteiger partial charge on any atom is -0.481 e. The molecule has 0 saturated heterocycles. The van der Waals surface area contributed by atoms with Crippen LogP contribution < -0.4 is 10.1 Å². The van der Waals surface area contributed by atoms with E-state index in [1.165, 1.54) is 7.11 Å². The number of hydrogen-bond donors (Lipinski definition) is 2. The highest BCUT2D eigenvalue weighted by atomic mass is 16.5. The molecule has 6 nitrogen and oxygen atoms in total. The van der Waals surface area contributed by atoms with Crippen LogP contribution in [-0.4, -0.2) is 29.1 Å². The Kier molecular flexibility index (Phi) is 3.45. The van der Waals surface area contributed by atoms with Crippen LogP contribution in [0.4, 0.5) is 0 Å². The van der Waals surface area contributed by atoms with Crippen molar-refractivity contribution in [2.45, 2.75) is 13.0 Å². The molecular weight excluding hydrogens is 236 g/mol. The number of rotatable bonds is 5. The van der Waals surface area contributed by atoms with Crippen molar-refractivity contribution >= 4 is 11.9 Å². The number of carbonyl (C=O) groups is 2. The van der Waals surface area contributed by atoms with Gasteiger partial charge in [-0.25, -0.2) is 4.98 Å². The second kappa shape index (κ2) is 5.03. The first-order chi connectivity index (χ1) is 8.63. The fourth-order valence-corrected chi connectivity index (χ4v) is 1.81. The summed E-state index contributed by atoms with van der Waals surface area (Å²) in [4.78, 5) is 26.3. The van der Waals surface area contributed by atoms with Crippen molar-refractivity contribution in [3.05, 3.63) is 23.9 Å². The van der Waals surface area contributed by atoms with E-state index < -0.39 is 17.8 Å². The van der Waals surface area contributed by atoms with Crippen molar-refractivity contribution < 1.29 is 19.4 Å². The van der Waals surface area contributed by atoms with Crippen molar-refractivity contribution in [2.24, 2.45) is 11.8 Å². The third-order valence-corrected chi connectivity index (χ3v) is 2.94. The topological polar surface area (TPSA) is 88.5 Å². The van der Waals surface area contributed by atoms with Gasteiger partial charge in [-0.3, -0.25) is 9.59 Å². The molecule has 96 valence electrons. The highest BCUT2D eigenvalue weighted by Gasteiger charge is 2.48. The molecule has 1 amide bonds. The van der Waals surface area contributed by atoms with Crippen LogP contribution in [0.15, 0.2) is 18.3 Å². The van der Waals surface area contributed by atoms with Gasteiger partial charge in [0, 0.05) is 18.3 Å². The standard InChI is InChI=1S/C12H14N2O4/c1-18-11-7(3-2-4-13-11)6-14-10(15)8-5-9(8)12(16)17/h2-4,8-9H,5-6H2,1H3,(H,14,15)(H,16,17). The number of aliphatic carboxylic acids is 1. The highest BCUT2D eigenvalue weighted by molar-refractivity contribution is 5.89. The average Bonchev–Trinajstić information content (AvgIpc) is 3.16. The summed E-state index contributed by atoms with van der Waals surface area (Å²) < 4.78 is 5.06. The lowest BCUT2D eigenvalue weighted by molar-refractivity contribution is -0.140. The predicted octanol–water partition coefficient (Wildman–Crippen LogP) is 0.427. The van der Waals surface area contributed by atoms with Crippen LogP contribution in [0.3, 0.4) is 0 Å². The van der Waals surface area contributed by atoms with Gasteiger partial charge in [-0.2, -0.15) is 0 Å². The molecule has 6 heteroatoms. The number of carboxylic acids is 1. The number of amides is 1. The first-order valence-electron chi connectivity index (χ1n) is 5.62. The van der Waals surface area contributed by atoms with E-state index >= 15 is 0 Å². The lowest BCUT2D eigenvalue weighted by Crippen LogP contribution is -2.26. The second-order valence-corrected chi connectivity index (χ2v) is 4.18. The van der Waals surface area contributed by atoms with Crippen molar-refractivity contribution in [1.82, 2.24) is 10.3 Å². The molecule has 2 N–H and O–H groups in total. The van der Waals surface area contributed by atoms with E-state index in [9.17, 15) is 9.59 Å². The zero-order valence-electron chi connectivity index (χ0n) is 9.92. The van der Waals surface area contributed by atoms with Gasteiger partial charge in [-0.1, -0.05) is 6.07 Å². The Labute approximate surface area is 104 Å². The minimum atomic E-state index is -0.908. The SMILES string of the molecule is COc1ncccc1CNC(=O)C1CC1C(=O)O. The Bertz CT molecular complexity index is 475. The molecule has 0 aromatic carbocycles. The number of ether oxygens (including phenoxy) is 1. The number of carbonyl (C=O) groups excluding carboxylic acids is 1. The number of nitrogens with zero attached hydrogens (tertiary/aromatic N) is 1. The molecule has 0 spiro atoms. The number of hydrogen-bond acceptors (Lipinski definition) is 4. The summed E-state index contributed by atoms with van der Waals surface area (Å²) in [6.45, 7) is 0.290. The van der Waals surface area contributed by atoms with Crippen molar-refractivity contribution in [3.8, 4) is 5.88 Å². The first kappa shape index (κ1) is 12.3. The molecule has 1 saturated carbocycles. The van der Waals surface area contributed by atoms with Crippen LogP contribution in [0.1, 0.15) is 12.0 Å². The molecule has 1 aromatic heterocycles. The van der Waals surface area contributed by atoms with Crippen molar-refractivity contribution in [3.63, 3.8) is 0 Å². The molecule has 0 aliphatic heterocycles. The van der Waals surface area contributed by atoms with Gasteiger partial charge in [0.1, 0.15) is 0 Å². The number of nitrogens with one attached hydrogen (secondary N) is 1. The van der Waals surface area contributed by atoms with Gasteiger partial charge in [0.25, 0.3) is 0 Å². The minimum absolute atomic E-state index is 0.228. The quantitative estimate of drug-likeness (QED) is 0.791. The Morgan fingerprint density at radius 1 is 1.56 bits per heavy atom. The van der Waals surface area contributed by atoms with E-state index in [-0.39, 0.29) is 5.91 Å². The van der Waals surface area contributed by atoms with Crippen molar-refractivity contribution in [1.29, 1.82) is 0 Å². The highest BCUT2D eigenvalue weighted by Crippen LogP contribution is 2.38. The molecule has 18 heavy (non-hydrogen) atoms. The molecule has 1 aliphatic carbocycles. The van der Waals surface area contributed by atoms with Crippen molar-refractivity contribution in [2.75, 3.05) is 7.11 Å². The summed E-state index contributed by atoms with van der Waals surface area (Å²) in [5.74, 6) is -1.60. The molecule has 1 heterocycles. The summed E-state index contributed by atoms with van der Waals surface area (Å²) in [5.41, 5.74) is 0.765. The first-order valence-corrected chi connectivity index (χ1v) is 5.62. The molecular formula is C12H14N2O4. The van der Waals surface area contributed by atoms with Crippen LogP contribution in [-0.2, 0) is 16.1 Å².